The first kappa shape index (κ1) is 17.6. The first-order chi connectivity index (χ1) is 11.9. The SMILES string of the molecule is O=C(Cc1ccc(-n2cccc2)cc1)NC1CCCCC1C(F)(F)F. The third-order valence-electron chi connectivity index (χ3n) is 4.74. The Kier molecular flexibility index (Phi) is 5.16. The zero-order valence-corrected chi connectivity index (χ0v) is 13.8. The number of hydrogen-bond donors (Lipinski definition) is 1. The van der Waals surface area contributed by atoms with Crippen LogP contribution in [0.1, 0.15) is 31.2 Å². The molecule has 1 saturated carbocycles. The Morgan fingerprint density at radius 3 is 2.36 bits per heavy atom. The highest BCUT2D eigenvalue weighted by molar-refractivity contribution is 5.79. The Bertz CT molecular complexity index is 692. The number of halogens is 3. The van der Waals surface area contributed by atoms with Gasteiger partial charge in [0.05, 0.1) is 12.3 Å². The molecule has 25 heavy (non-hydrogen) atoms. The number of rotatable bonds is 4. The fraction of sp³-hybridized carbons (Fsp3) is 0.421. The zero-order chi connectivity index (χ0) is 17.9. The van der Waals surface area contributed by atoms with Crippen LogP contribution >= 0.6 is 0 Å². The smallest absolute Gasteiger partial charge is 0.352 e. The Hall–Kier alpha value is -2.24. The summed E-state index contributed by atoms with van der Waals surface area (Å²) >= 11 is 0. The van der Waals surface area contributed by atoms with Crippen LogP contribution in [0.25, 0.3) is 5.69 Å². The van der Waals surface area contributed by atoms with Gasteiger partial charge in [-0.3, -0.25) is 4.79 Å². The third kappa shape index (κ3) is 4.44. The molecule has 2 unspecified atom stereocenters. The second-order valence-electron chi connectivity index (χ2n) is 6.54. The Morgan fingerprint density at radius 1 is 1.08 bits per heavy atom. The van der Waals surface area contributed by atoms with Crippen LogP contribution in [0.2, 0.25) is 0 Å². The number of carbonyl (C=O) groups is 1. The number of amides is 1. The molecule has 0 spiro atoms. The molecule has 1 heterocycles. The lowest BCUT2D eigenvalue weighted by atomic mass is 9.84. The molecule has 0 saturated heterocycles. The monoisotopic (exact) mass is 350 g/mol. The predicted molar refractivity (Wildman–Crippen MR) is 89.4 cm³/mol. The summed E-state index contributed by atoms with van der Waals surface area (Å²) in [5.74, 6) is -1.78. The molecule has 1 aromatic heterocycles. The molecule has 0 radical (unpaired) electrons. The Balaban J connectivity index is 1.60. The van der Waals surface area contributed by atoms with Crippen molar-refractivity contribution in [2.24, 2.45) is 5.92 Å². The van der Waals surface area contributed by atoms with E-state index < -0.39 is 18.1 Å². The molecule has 1 fully saturated rings. The van der Waals surface area contributed by atoms with E-state index in [2.05, 4.69) is 5.32 Å². The largest absolute Gasteiger partial charge is 0.393 e. The van der Waals surface area contributed by atoms with E-state index in [0.29, 0.717) is 12.8 Å². The van der Waals surface area contributed by atoms with E-state index in [0.717, 1.165) is 17.7 Å². The first-order valence-electron chi connectivity index (χ1n) is 8.52. The first-order valence-corrected chi connectivity index (χ1v) is 8.52. The van der Waals surface area contributed by atoms with Crippen molar-refractivity contribution in [2.75, 3.05) is 0 Å². The number of aromatic nitrogens is 1. The van der Waals surface area contributed by atoms with Crippen molar-refractivity contribution >= 4 is 5.91 Å². The molecule has 0 aliphatic heterocycles. The number of nitrogens with one attached hydrogen (secondary N) is 1. The Morgan fingerprint density at radius 2 is 1.72 bits per heavy atom. The summed E-state index contributed by atoms with van der Waals surface area (Å²) in [5.41, 5.74) is 1.76. The van der Waals surface area contributed by atoms with Gasteiger partial charge < -0.3 is 9.88 Å². The number of benzene rings is 1. The molecular weight excluding hydrogens is 329 g/mol. The van der Waals surface area contributed by atoms with E-state index >= 15 is 0 Å². The second-order valence-corrected chi connectivity index (χ2v) is 6.54. The molecule has 1 N–H and O–H groups in total. The zero-order valence-electron chi connectivity index (χ0n) is 13.8. The summed E-state index contributed by atoms with van der Waals surface area (Å²) < 4.78 is 41.2. The van der Waals surface area contributed by atoms with E-state index in [9.17, 15) is 18.0 Å². The summed E-state index contributed by atoms with van der Waals surface area (Å²) in [5, 5.41) is 2.60. The molecule has 1 amide bonds. The minimum atomic E-state index is -4.25. The van der Waals surface area contributed by atoms with Gasteiger partial charge in [0.2, 0.25) is 5.91 Å². The lowest BCUT2D eigenvalue weighted by molar-refractivity contribution is -0.189. The highest BCUT2D eigenvalue weighted by Crippen LogP contribution is 2.37. The minimum Gasteiger partial charge on any atom is -0.352 e. The van der Waals surface area contributed by atoms with Gasteiger partial charge in [-0.25, -0.2) is 0 Å². The van der Waals surface area contributed by atoms with E-state index in [1.54, 1.807) is 0 Å². The van der Waals surface area contributed by atoms with E-state index in [1.807, 2.05) is 53.4 Å². The van der Waals surface area contributed by atoms with Crippen LogP contribution in [0.5, 0.6) is 0 Å². The normalized spacial score (nSPS) is 21.1. The van der Waals surface area contributed by atoms with Crippen LogP contribution in [0, 0.1) is 5.92 Å². The van der Waals surface area contributed by atoms with Gasteiger partial charge in [-0.2, -0.15) is 13.2 Å². The highest BCUT2D eigenvalue weighted by Gasteiger charge is 2.45. The number of nitrogens with zero attached hydrogens (tertiary/aromatic N) is 1. The maximum atomic E-state index is 13.1. The molecule has 3 nitrogen and oxygen atoms in total. The lowest BCUT2D eigenvalue weighted by Gasteiger charge is -2.33. The Labute approximate surface area is 144 Å². The maximum Gasteiger partial charge on any atom is 0.393 e. The van der Waals surface area contributed by atoms with Crippen molar-refractivity contribution in [3.63, 3.8) is 0 Å². The number of alkyl halides is 3. The van der Waals surface area contributed by atoms with Crippen molar-refractivity contribution in [1.82, 2.24) is 9.88 Å². The van der Waals surface area contributed by atoms with Crippen LogP contribution in [-0.4, -0.2) is 22.7 Å². The van der Waals surface area contributed by atoms with Gasteiger partial charge >= 0.3 is 6.18 Å². The quantitative estimate of drug-likeness (QED) is 0.878. The summed E-state index contributed by atoms with van der Waals surface area (Å²) in [7, 11) is 0. The molecule has 2 atom stereocenters. The van der Waals surface area contributed by atoms with Gasteiger partial charge in [0, 0.05) is 24.1 Å². The molecule has 2 aromatic rings. The van der Waals surface area contributed by atoms with Crippen LogP contribution in [0.4, 0.5) is 13.2 Å². The molecule has 1 aromatic carbocycles. The van der Waals surface area contributed by atoms with Gasteiger partial charge in [-0.05, 0) is 42.7 Å². The molecule has 1 aliphatic rings. The number of carbonyl (C=O) groups excluding carboxylic acids is 1. The minimum absolute atomic E-state index is 0.0903. The van der Waals surface area contributed by atoms with E-state index in [-0.39, 0.29) is 18.7 Å². The molecule has 1 aliphatic carbocycles. The summed E-state index contributed by atoms with van der Waals surface area (Å²) in [4.78, 5) is 12.2. The van der Waals surface area contributed by atoms with Crippen molar-refractivity contribution in [2.45, 2.75) is 44.3 Å². The van der Waals surface area contributed by atoms with Crippen LogP contribution in [-0.2, 0) is 11.2 Å². The van der Waals surface area contributed by atoms with Gasteiger partial charge in [0.15, 0.2) is 0 Å². The fourth-order valence-electron chi connectivity index (χ4n) is 3.43. The number of hydrogen-bond acceptors (Lipinski definition) is 1. The standard InChI is InChI=1S/C19H21F3N2O/c20-19(21,22)16-5-1-2-6-17(16)23-18(25)13-14-7-9-15(10-8-14)24-11-3-4-12-24/h3-4,7-12,16-17H,1-2,5-6,13H2,(H,23,25). The van der Waals surface area contributed by atoms with Gasteiger partial charge in [-0.15, -0.1) is 0 Å². The van der Waals surface area contributed by atoms with Crippen molar-refractivity contribution < 1.29 is 18.0 Å². The third-order valence-corrected chi connectivity index (χ3v) is 4.74. The average Bonchev–Trinajstić information content (AvgIpc) is 3.09. The van der Waals surface area contributed by atoms with Gasteiger partial charge in [-0.1, -0.05) is 25.0 Å². The van der Waals surface area contributed by atoms with Crippen molar-refractivity contribution in [1.29, 1.82) is 0 Å². The summed E-state index contributed by atoms with van der Waals surface area (Å²) in [6, 6.07) is 10.5. The van der Waals surface area contributed by atoms with E-state index in [1.165, 1.54) is 0 Å². The topological polar surface area (TPSA) is 34.0 Å². The maximum absolute atomic E-state index is 13.1. The van der Waals surface area contributed by atoms with Crippen LogP contribution in [0.15, 0.2) is 48.8 Å². The molecular formula is C19H21F3N2O. The van der Waals surface area contributed by atoms with Gasteiger partial charge in [0.25, 0.3) is 0 Å². The average molecular weight is 350 g/mol. The van der Waals surface area contributed by atoms with Crippen LogP contribution < -0.4 is 5.32 Å². The molecule has 134 valence electrons. The van der Waals surface area contributed by atoms with Crippen molar-refractivity contribution in [3.05, 3.63) is 54.4 Å². The lowest BCUT2D eigenvalue weighted by Crippen LogP contribution is -2.48. The summed E-state index contributed by atoms with van der Waals surface area (Å²) in [6.45, 7) is 0. The fourth-order valence-corrected chi connectivity index (χ4v) is 3.43. The predicted octanol–water partition coefficient (Wildman–Crippen LogP) is 4.26. The van der Waals surface area contributed by atoms with Crippen molar-refractivity contribution in [3.8, 4) is 5.69 Å². The highest BCUT2D eigenvalue weighted by atomic mass is 19.4. The molecule has 0 bridgehead atoms. The van der Waals surface area contributed by atoms with E-state index in [4.69, 9.17) is 0 Å². The second kappa shape index (κ2) is 7.33. The summed E-state index contributed by atoms with van der Waals surface area (Å²) in [6.07, 6.45) is 1.46. The molecule has 3 rings (SSSR count). The molecule has 6 heteroatoms. The van der Waals surface area contributed by atoms with Crippen LogP contribution in [0.3, 0.4) is 0 Å². The van der Waals surface area contributed by atoms with Gasteiger partial charge in [0.1, 0.15) is 0 Å².